The summed E-state index contributed by atoms with van der Waals surface area (Å²) in [5, 5.41) is 8.02. The number of likely N-dealkylation sites (N-methyl/N-ethyl adjacent to an activating group) is 1. The van der Waals surface area contributed by atoms with Crippen molar-refractivity contribution in [3.63, 3.8) is 0 Å². The van der Waals surface area contributed by atoms with Gasteiger partial charge in [-0.25, -0.2) is 0 Å². The van der Waals surface area contributed by atoms with Crippen LogP contribution in [0.4, 0.5) is 0 Å². The van der Waals surface area contributed by atoms with Crippen LogP contribution in [0.1, 0.15) is 29.9 Å². The summed E-state index contributed by atoms with van der Waals surface area (Å²) in [4.78, 5) is 0. The van der Waals surface area contributed by atoms with E-state index in [0.29, 0.717) is 0 Å². The lowest BCUT2D eigenvalue weighted by Gasteiger charge is -2.19. The van der Waals surface area contributed by atoms with Crippen LogP contribution in [-0.2, 0) is 13.0 Å². The number of hydrogen-bond acceptors (Lipinski definition) is 2. The molecule has 1 unspecified atom stereocenters. The Bertz CT molecular complexity index is 640. The molecule has 0 aliphatic heterocycles. The van der Waals surface area contributed by atoms with Crippen molar-refractivity contribution >= 4 is 54.5 Å². The van der Waals surface area contributed by atoms with Gasteiger partial charge in [-0.05, 0) is 83.2 Å². The fraction of sp³-hybridized carbons (Fsp3) is 0.400. The Balaban J connectivity index is 2.38. The molecule has 0 saturated carbocycles. The summed E-state index contributed by atoms with van der Waals surface area (Å²) < 4.78 is 5.58. The zero-order valence-corrected chi connectivity index (χ0v) is 17.6. The highest BCUT2D eigenvalue weighted by Crippen LogP contribution is 2.30. The summed E-state index contributed by atoms with van der Waals surface area (Å²) >= 11 is 9.65. The molecule has 6 heteroatoms. The first-order valence-corrected chi connectivity index (χ1v) is 9.48. The maximum Gasteiger partial charge on any atom is 0.0738 e. The van der Waals surface area contributed by atoms with E-state index in [1.54, 1.807) is 0 Å². The van der Waals surface area contributed by atoms with Crippen LogP contribution in [0.25, 0.3) is 0 Å². The van der Waals surface area contributed by atoms with Gasteiger partial charge >= 0.3 is 0 Å². The molecule has 0 amide bonds. The monoisotopic (exact) mass is 525 g/mol. The molecule has 0 aliphatic carbocycles. The van der Waals surface area contributed by atoms with Gasteiger partial charge in [0.05, 0.1) is 15.9 Å². The summed E-state index contributed by atoms with van der Waals surface area (Å²) in [5.74, 6) is 0. The van der Waals surface area contributed by atoms with Crippen LogP contribution in [0.15, 0.2) is 27.1 Å². The van der Waals surface area contributed by atoms with Gasteiger partial charge < -0.3 is 5.32 Å². The Morgan fingerprint density at radius 1 is 1.38 bits per heavy atom. The number of halogens is 3. The van der Waals surface area contributed by atoms with Gasteiger partial charge in [-0.3, -0.25) is 4.68 Å². The molecular formula is C15H18Br2IN3. The van der Waals surface area contributed by atoms with Gasteiger partial charge in [-0.2, -0.15) is 5.10 Å². The van der Waals surface area contributed by atoms with Crippen molar-refractivity contribution in [2.45, 2.75) is 32.9 Å². The fourth-order valence-corrected chi connectivity index (χ4v) is 3.94. The fourth-order valence-electron chi connectivity index (χ4n) is 2.41. The summed E-state index contributed by atoms with van der Waals surface area (Å²) in [7, 11) is 2.01. The van der Waals surface area contributed by atoms with Crippen molar-refractivity contribution < 1.29 is 0 Å². The average Bonchev–Trinajstić information content (AvgIpc) is 2.74. The minimum atomic E-state index is 0.257. The van der Waals surface area contributed by atoms with E-state index in [0.717, 1.165) is 27.6 Å². The molecule has 0 bridgehead atoms. The number of aromatic nitrogens is 2. The Hall–Kier alpha value is 0.0800. The van der Waals surface area contributed by atoms with Crippen molar-refractivity contribution in [3.8, 4) is 0 Å². The third kappa shape index (κ3) is 3.89. The molecular weight excluding hydrogens is 509 g/mol. The van der Waals surface area contributed by atoms with Crippen LogP contribution < -0.4 is 5.32 Å². The second-order valence-corrected chi connectivity index (χ2v) is 7.74. The largest absolute Gasteiger partial charge is 0.313 e. The van der Waals surface area contributed by atoms with E-state index < -0.39 is 0 Å². The van der Waals surface area contributed by atoms with Crippen LogP contribution >= 0.6 is 54.5 Å². The second kappa shape index (κ2) is 7.57. The SMILES string of the molecule is CCn1nc(C)c(Br)c1CC(NC)c1cc(Br)ccc1I. The van der Waals surface area contributed by atoms with Crippen LogP contribution in [-0.4, -0.2) is 16.8 Å². The molecule has 2 aromatic rings. The number of rotatable bonds is 5. The Morgan fingerprint density at radius 2 is 2.10 bits per heavy atom. The molecule has 1 aromatic heterocycles. The molecule has 114 valence electrons. The third-order valence-electron chi connectivity index (χ3n) is 3.53. The van der Waals surface area contributed by atoms with Crippen molar-refractivity contribution in [1.82, 2.24) is 15.1 Å². The van der Waals surface area contributed by atoms with E-state index in [2.05, 4.69) is 94.7 Å². The molecule has 21 heavy (non-hydrogen) atoms. The standard InChI is InChI=1S/C15H18Br2IN3/c1-4-21-14(15(17)9(2)20-21)8-13(19-3)11-7-10(16)5-6-12(11)18/h5-7,13,19H,4,8H2,1-3H3. The average molecular weight is 527 g/mol. The van der Waals surface area contributed by atoms with E-state index in [1.165, 1.54) is 14.8 Å². The van der Waals surface area contributed by atoms with E-state index in [1.807, 2.05) is 14.0 Å². The molecule has 1 N–H and O–H groups in total. The predicted molar refractivity (Wildman–Crippen MR) is 103 cm³/mol. The van der Waals surface area contributed by atoms with Crippen molar-refractivity contribution in [2.24, 2.45) is 0 Å². The number of benzene rings is 1. The van der Waals surface area contributed by atoms with Gasteiger partial charge in [0.25, 0.3) is 0 Å². The number of hydrogen-bond donors (Lipinski definition) is 1. The molecule has 0 aliphatic rings. The molecule has 1 atom stereocenters. The molecule has 0 saturated heterocycles. The molecule has 1 aromatic carbocycles. The lowest BCUT2D eigenvalue weighted by Crippen LogP contribution is -2.21. The molecule has 0 fully saturated rings. The Labute approximate surface area is 156 Å². The summed E-state index contributed by atoms with van der Waals surface area (Å²) in [6, 6.07) is 6.67. The zero-order valence-electron chi connectivity index (χ0n) is 12.3. The van der Waals surface area contributed by atoms with Crippen LogP contribution in [0.5, 0.6) is 0 Å². The van der Waals surface area contributed by atoms with Crippen molar-refractivity contribution in [1.29, 1.82) is 0 Å². The molecule has 0 spiro atoms. The first-order valence-electron chi connectivity index (χ1n) is 6.81. The number of aryl methyl sites for hydroxylation is 2. The van der Waals surface area contributed by atoms with Crippen LogP contribution in [0.3, 0.4) is 0 Å². The highest BCUT2D eigenvalue weighted by Gasteiger charge is 2.19. The Kier molecular flexibility index (Phi) is 6.28. The van der Waals surface area contributed by atoms with Crippen LogP contribution in [0.2, 0.25) is 0 Å². The quantitative estimate of drug-likeness (QED) is 0.565. The van der Waals surface area contributed by atoms with E-state index in [9.17, 15) is 0 Å². The normalized spacial score (nSPS) is 12.7. The molecule has 1 heterocycles. The smallest absolute Gasteiger partial charge is 0.0738 e. The number of nitrogens with one attached hydrogen (secondary N) is 1. The second-order valence-electron chi connectivity index (χ2n) is 4.87. The maximum absolute atomic E-state index is 4.58. The summed E-state index contributed by atoms with van der Waals surface area (Å²) in [5.41, 5.74) is 3.59. The van der Waals surface area contributed by atoms with Crippen molar-refractivity contribution in [3.05, 3.63) is 47.7 Å². The topological polar surface area (TPSA) is 29.9 Å². The minimum Gasteiger partial charge on any atom is -0.313 e. The lowest BCUT2D eigenvalue weighted by molar-refractivity contribution is 0.538. The summed E-state index contributed by atoms with van der Waals surface area (Å²) in [6.07, 6.45) is 0.901. The van der Waals surface area contributed by atoms with Gasteiger partial charge in [-0.1, -0.05) is 15.9 Å². The highest BCUT2D eigenvalue weighted by atomic mass is 127. The van der Waals surface area contributed by atoms with E-state index in [4.69, 9.17) is 0 Å². The first-order chi connectivity index (χ1) is 9.97. The van der Waals surface area contributed by atoms with E-state index in [-0.39, 0.29) is 6.04 Å². The molecule has 0 radical (unpaired) electrons. The Morgan fingerprint density at radius 3 is 2.71 bits per heavy atom. The lowest BCUT2D eigenvalue weighted by atomic mass is 10.0. The van der Waals surface area contributed by atoms with Gasteiger partial charge in [0, 0.05) is 27.1 Å². The zero-order chi connectivity index (χ0) is 15.6. The third-order valence-corrected chi connectivity index (χ3v) is 6.04. The predicted octanol–water partition coefficient (Wildman–Crippen LogP) is 4.84. The van der Waals surface area contributed by atoms with Crippen molar-refractivity contribution in [2.75, 3.05) is 7.05 Å². The van der Waals surface area contributed by atoms with Gasteiger partial charge in [0.15, 0.2) is 0 Å². The van der Waals surface area contributed by atoms with Gasteiger partial charge in [0.2, 0.25) is 0 Å². The first kappa shape index (κ1) is 17.4. The minimum absolute atomic E-state index is 0.257. The maximum atomic E-state index is 4.58. The van der Waals surface area contributed by atoms with E-state index >= 15 is 0 Å². The highest BCUT2D eigenvalue weighted by molar-refractivity contribution is 14.1. The number of nitrogens with zero attached hydrogens (tertiary/aromatic N) is 2. The molecule has 2 rings (SSSR count). The van der Waals surface area contributed by atoms with Gasteiger partial charge in [0.1, 0.15) is 0 Å². The summed E-state index contributed by atoms with van der Waals surface area (Å²) in [6.45, 7) is 5.05. The van der Waals surface area contributed by atoms with Crippen LogP contribution in [0, 0.1) is 10.5 Å². The van der Waals surface area contributed by atoms with Gasteiger partial charge in [-0.15, -0.1) is 0 Å². The molecule has 3 nitrogen and oxygen atoms in total.